The summed E-state index contributed by atoms with van der Waals surface area (Å²) < 4.78 is 13.2. The second-order valence-corrected chi connectivity index (χ2v) is 4.35. The molecule has 4 nitrogen and oxygen atoms in total. The lowest BCUT2D eigenvalue weighted by Gasteiger charge is -2.18. The van der Waals surface area contributed by atoms with Gasteiger partial charge in [0, 0.05) is 36.7 Å². The van der Waals surface area contributed by atoms with E-state index in [-0.39, 0.29) is 5.82 Å². The number of halogens is 1. The minimum Gasteiger partial charge on any atom is -0.316 e. The molecule has 1 heterocycles. The van der Waals surface area contributed by atoms with E-state index in [1.165, 1.54) is 12.1 Å². The highest BCUT2D eigenvalue weighted by Gasteiger charge is 2.09. The van der Waals surface area contributed by atoms with Crippen molar-refractivity contribution in [3.63, 3.8) is 0 Å². The third-order valence-electron chi connectivity index (χ3n) is 2.93. The molecule has 0 aliphatic heterocycles. The van der Waals surface area contributed by atoms with Gasteiger partial charge < -0.3 is 10.2 Å². The fourth-order valence-electron chi connectivity index (χ4n) is 1.81. The van der Waals surface area contributed by atoms with Crippen LogP contribution in [0.5, 0.6) is 0 Å². The van der Waals surface area contributed by atoms with Gasteiger partial charge in [-0.05, 0) is 32.2 Å². The molecule has 19 heavy (non-hydrogen) atoms. The molecule has 0 fully saturated rings. The van der Waals surface area contributed by atoms with Gasteiger partial charge in [-0.25, -0.2) is 14.4 Å². The van der Waals surface area contributed by atoms with Crippen molar-refractivity contribution in [3.05, 3.63) is 47.5 Å². The summed E-state index contributed by atoms with van der Waals surface area (Å²) in [6.07, 6.45) is 1.80. The van der Waals surface area contributed by atoms with Crippen LogP contribution in [0, 0.1) is 12.7 Å². The van der Waals surface area contributed by atoms with Gasteiger partial charge in [0.15, 0.2) is 0 Å². The summed E-state index contributed by atoms with van der Waals surface area (Å²) in [4.78, 5) is 10.5. The van der Waals surface area contributed by atoms with E-state index in [0.29, 0.717) is 5.95 Å². The third-order valence-corrected chi connectivity index (χ3v) is 2.93. The molecule has 0 saturated carbocycles. The molecule has 0 aliphatic carbocycles. The molecule has 100 valence electrons. The standard InChI is InChI=1S/C14H17FN4/c1-10-11(8-16-2)9-17-14(18-10)19(3)13-6-4-5-12(15)7-13/h4-7,9,16H,8H2,1-3H3. The van der Waals surface area contributed by atoms with E-state index in [1.807, 2.05) is 27.1 Å². The molecule has 0 amide bonds. The van der Waals surface area contributed by atoms with Crippen LogP contribution in [0.2, 0.25) is 0 Å². The molecule has 1 aromatic heterocycles. The maximum Gasteiger partial charge on any atom is 0.229 e. The van der Waals surface area contributed by atoms with E-state index in [0.717, 1.165) is 23.5 Å². The number of hydrogen-bond acceptors (Lipinski definition) is 4. The van der Waals surface area contributed by atoms with Crippen molar-refractivity contribution in [2.24, 2.45) is 0 Å². The van der Waals surface area contributed by atoms with Crippen molar-refractivity contribution in [3.8, 4) is 0 Å². The lowest BCUT2D eigenvalue weighted by Crippen LogP contribution is -2.15. The summed E-state index contributed by atoms with van der Waals surface area (Å²) in [5.74, 6) is 0.288. The summed E-state index contributed by atoms with van der Waals surface area (Å²) >= 11 is 0. The van der Waals surface area contributed by atoms with Crippen molar-refractivity contribution in [1.82, 2.24) is 15.3 Å². The average Bonchev–Trinajstić information content (AvgIpc) is 2.40. The van der Waals surface area contributed by atoms with Crippen LogP contribution in [0.3, 0.4) is 0 Å². The fraction of sp³-hybridized carbons (Fsp3) is 0.286. The van der Waals surface area contributed by atoms with Crippen LogP contribution >= 0.6 is 0 Å². The van der Waals surface area contributed by atoms with Gasteiger partial charge in [0.1, 0.15) is 5.82 Å². The maximum atomic E-state index is 13.2. The van der Waals surface area contributed by atoms with Crippen molar-refractivity contribution in [2.45, 2.75) is 13.5 Å². The predicted molar refractivity (Wildman–Crippen MR) is 74.0 cm³/mol. The highest BCUT2D eigenvalue weighted by atomic mass is 19.1. The Bertz CT molecular complexity index is 571. The van der Waals surface area contributed by atoms with Gasteiger partial charge in [0.05, 0.1) is 0 Å². The van der Waals surface area contributed by atoms with Gasteiger partial charge in [-0.15, -0.1) is 0 Å². The van der Waals surface area contributed by atoms with Gasteiger partial charge >= 0.3 is 0 Å². The van der Waals surface area contributed by atoms with Gasteiger partial charge in [-0.1, -0.05) is 6.07 Å². The number of nitrogens with zero attached hydrogens (tertiary/aromatic N) is 3. The summed E-state index contributed by atoms with van der Waals surface area (Å²) in [6, 6.07) is 6.37. The van der Waals surface area contributed by atoms with E-state index >= 15 is 0 Å². The largest absolute Gasteiger partial charge is 0.316 e. The van der Waals surface area contributed by atoms with E-state index in [1.54, 1.807) is 17.2 Å². The van der Waals surface area contributed by atoms with Crippen LogP contribution in [0.1, 0.15) is 11.3 Å². The Balaban J connectivity index is 2.29. The maximum absolute atomic E-state index is 13.2. The highest BCUT2D eigenvalue weighted by molar-refractivity contribution is 5.56. The van der Waals surface area contributed by atoms with Gasteiger partial charge in [0.2, 0.25) is 5.95 Å². The van der Waals surface area contributed by atoms with Crippen LogP contribution in [0.15, 0.2) is 30.5 Å². The number of anilines is 2. The van der Waals surface area contributed by atoms with Crippen molar-refractivity contribution in [2.75, 3.05) is 19.0 Å². The summed E-state index contributed by atoms with van der Waals surface area (Å²) in [7, 11) is 3.70. The summed E-state index contributed by atoms with van der Waals surface area (Å²) in [6.45, 7) is 2.67. The zero-order valence-electron chi connectivity index (χ0n) is 11.3. The molecular formula is C14H17FN4. The van der Waals surface area contributed by atoms with Gasteiger partial charge in [-0.2, -0.15) is 0 Å². The second-order valence-electron chi connectivity index (χ2n) is 4.35. The Morgan fingerprint density at radius 2 is 2.16 bits per heavy atom. The molecule has 0 radical (unpaired) electrons. The summed E-state index contributed by atoms with van der Waals surface area (Å²) in [5, 5.41) is 3.07. The zero-order valence-corrected chi connectivity index (χ0v) is 11.3. The number of aryl methyl sites for hydroxylation is 1. The minimum absolute atomic E-state index is 0.270. The molecule has 5 heteroatoms. The SMILES string of the molecule is CNCc1cnc(N(C)c2cccc(F)c2)nc1C. The highest BCUT2D eigenvalue weighted by Crippen LogP contribution is 2.21. The lowest BCUT2D eigenvalue weighted by atomic mass is 10.2. The van der Waals surface area contributed by atoms with E-state index < -0.39 is 0 Å². The molecular weight excluding hydrogens is 243 g/mol. The lowest BCUT2D eigenvalue weighted by molar-refractivity contribution is 0.628. The Kier molecular flexibility index (Phi) is 4.06. The first-order valence-electron chi connectivity index (χ1n) is 6.08. The van der Waals surface area contributed by atoms with Crippen LogP contribution in [-0.4, -0.2) is 24.1 Å². The van der Waals surface area contributed by atoms with Crippen molar-refractivity contribution in [1.29, 1.82) is 0 Å². The molecule has 0 aliphatic rings. The molecule has 1 aromatic carbocycles. The predicted octanol–water partition coefficient (Wildman–Crippen LogP) is 2.41. The van der Waals surface area contributed by atoms with Crippen molar-refractivity contribution >= 4 is 11.6 Å². The first kappa shape index (κ1) is 13.4. The monoisotopic (exact) mass is 260 g/mol. The normalized spacial score (nSPS) is 10.5. The first-order chi connectivity index (χ1) is 9.11. The third kappa shape index (κ3) is 3.06. The number of nitrogens with one attached hydrogen (secondary N) is 1. The van der Waals surface area contributed by atoms with Crippen LogP contribution < -0.4 is 10.2 Å². The Hall–Kier alpha value is -2.01. The Morgan fingerprint density at radius 1 is 1.37 bits per heavy atom. The second kappa shape index (κ2) is 5.75. The zero-order chi connectivity index (χ0) is 13.8. The molecule has 2 aromatic rings. The van der Waals surface area contributed by atoms with E-state index in [2.05, 4.69) is 15.3 Å². The van der Waals surface area contributed by atoms with E-state index in [4.69, 9.17) is 0 Å². The van der Waals surface area contributed by atoms with Crippen LogP contribution in [0.25, 0.3) is 0 Å². The Labute approximate surface area is 112 Å². The molecule has 2 rings (SSSR count). The van der Waals surface area contributed by atoms with Crippen LogP contribution in [0.4, 0.5) is 16.0 Å². The topological polar surface area (TPSA) is 41.1 Å². The van der Waals surface area contributed by atoms with Crippen LogP contribution in [-0.2, 0) is 6.54 Å². The quantitative estimate of drug-likeness (QED) is 0.916. The minimum atomic E-state index is -0.270. The number of aromatic nitrogens is 2. The smallest absolute Gasteiger partial charge is 0.229 e. The average molecular weight is 260 g/mol. The number of rotatable bonds is 4. The molecule has 0 saturated heterocycles. The molecule has 1 N–H and O–H groups in total. The Morgan fingerprint density at radius 3 is 2.79 bits per heavy atom. The fourth-order valence-corrected chi connectivity index (χ4v) is 1.81. The van der Waals surface area contributed by atoms with Crippen molar-refractivity contribution < 1.29 is 4.39 Å². The molecule has 0 unspecified atom stereocenters. The van der Waals surface area contributed by atoms with E-state index in [9.17, 15) is 4.39 Å². The molecule has 0 bridgehead atoms. The number of benzene rings is 1. The van der Waals surface area contributed by atoms with Gasteiger partial charge in [0.25, 0.3) is 0 Å². The molecule has 0 spiro atoms. The first-order valence-corrected chi connectivity index (χ1v) is 6.08. The summed E-state index contributed by atoms with van der Waals surface area (Å²) in [5.41, 5.74) is 2.70. The van der Waals surface area contributed by atoms with Gasteiger partial charge in [-0.3, -0.25) is 0 Å². The number of hydrogen-bond donors (Lipinski definition) is 1. The molecule has 0 atom stereocenters.